The number of fused-ring (bicyclic) bond motifs is 1. The van der Waals surface area contributed by atoms with Crippen LogP contribution in [0.15, 0.2) is 24.3 Å². The summed E-state index contributed by atoms with van der Waals surface area (Å²) in [5.41, 5.74) is 10.3. The number of benzene rings is 2. The molecule has 0 saturated carbocycles. The van der Waals surface area contributed by atoms with E-state index in [-0.39, 0.29) is 16.2 Å². The first-order valence-electron chi connectivity index (χ1n) is 13.3. The van der Waals surface area contributed by atoms with Crippen LogP contribution >= 0.6 is 8.60 Å². The average Bonchev–Trinajstić information content (AvgIpc) is 2.72. The SMILES string of the molecule is CCc1cc(C(C)(C)C)cc(C(C)(C)C)c1OP(O)OC.Cc1cc(C(C)(C)C)cc2c1CC2(C)C. The standard InChI is InChI=1S/C17H29O3P.C15H22/c1-9-12-10-13(16(2,3)4)11-14(17(5,6)7)15(12)20-21(18)19-8;1-10-7-11(14(2,3)4)8-13-12(10)9-15(13,5)6/h10-11,18H,9H2,1-8H3;7-8H,9H2,1-6H3. The third-order valence-electron chi connectivity index (χ3n) is 7.23. The lowest BCUT2D eigenvalue weighted by Crippen LogP contribution is -2.34. The van der Waals surface area contributed by atoms with Crippen LogP contribution in [-0.2, 0) is 39.0 Å². The fourth-order valence-electron chi connectivity index (χ4n) is 4.68. The van der Waals surface area contributed by atoms with Gasteiger partial charge in [0.2, 0.25) is 0 Å². The second kappa shape index (κ2) is 10.8. The van der Waals surface area contributed by atoms with E-state index in [1.165, 1.54) is 30.2 Å². The summed E-state index contributed by atoms with van der Waals surface area (Å²) in [5.74, 6) is 0.772. The molecule has 1 unspecified atom stereocenters. The highest BCUT2D eigenvalue weighted by Gasteiger charge is 2.36. The Morgan fingerprint density at radius 1 is 0.861 bits per heavy atom. The number of hydrogen-bond donors (Lipinski definition) is 1. The molecule has 0 fully saturated rings. The summed E-state index contributed by atoms with van der Waals surface area (Å²) in [6, 6.07) is 9.18. The van der Waals surface area contributed by atoms with Gasteiger partial charge in [-0.25, -0.2) is 0 Å². The maximum atomic E-state index is 9.77. The normalized spacial score (nSPS) is 15.9. The summed E-state index contributed by atoms with van der Waals surface area (Å²) >= 11 is 0. The zero-order valence-corrected chi connectivity index (χ0v) is 26.3. The first kappa shape index (κ1) is 30.8. The van der Waals surface area contributed by atoms with E-state index in [9.17, 15) is 4.89 Å². The van der Waals surface area contributed by atoms with Crippen molar-refractivity contribution in [2.45, 2.75) is 125 Å². The molecular formula is C32H51O3P. The van der Waals surface area contributed by atoms with E-state index in [2.05, 4.69) is 114 Å². The molecule has 1 aliphatic carbocycles. The van der Waals surface area contributed by atoms with E-state index in [0.29, 0.717) is 5.41 Å². The molecule has 0 heterocycles. The van der Waals surface area contributed by atoms with E-state index in [0.717, 1.165) is 23.3 Å². The fourth-order valence-corrected chi connectivity index (χ4v) is 5.13. The zero-order chi connectivity index (χ0) is 27.9. The molecule has 0 spiro atoms. The monoisotopic (exact) mass is 514 g/mol. The molecule has 1 atom stereocenters. The van der Waals surface area contributed by atoms with E-state index in [1.807, 2.05) is 0 Å². The van der Waals surface area contributed by atoms with E-state index >= 15 is 0 Å². The topological polar surface area (TPSA) is 38.7 Å². The number of aryl methyl sites for hydroxylation is 2. The Balaban J connectivity index is 0.000000267. The minimum Gasteiger partial charge on any atom is -0.426 e. The summed E-state index contributed by atoms with van der Waals surface area (Å²) in [5, 5.41) is 0. The predicted octanol–water partition coefficient (Wildman–Crippen LogP) is 9.21. The maximum absolute atomic E-state index is 9.77. The molecule has 1 aliphatic rings. The number of hydrogen-bond acceptors (Lipinski definition) is 3. The Bertz CT molecular complexity index is 1060. The van der Waals surface area contributed by atoms with Crippen LogP contribution in [0.1, 0.15) is 122 Å². The molecule has 4 heteroatoms. The van der Waals surface area contributed by atoms with Crippen LogP contribution in [0, 0.1) is 6.92 Å². The van der Waals surface area contributed by atoms with Gasteiger partial charge >= 0.3 is 8.60 Å². The van der Waals surface area contributed by atoms with Gasteiger partial charge in [-0.05, 0) is 74.8 Å². The minimum absolute atomic E-state index is 0.0651. The molecule has 0 saturated heterocycles. The largest absolute Gasteiger partial charge is 0.426 e. The van der Waals surface area contributed by atoms with Crippen LogP contribution in [0.5, 0.6) is 5.75 Å². The van der Waals surface area contributed by atoms with Gasteiger partial charge in [-0.3, -0.25) is 0 Å². The van der Waals surface area contributed by atoms with Crippen molar-refractivity contribution in [3.63, 3.8) is 0 Å². The van der Waals surface area contributed by atoms with Crippen LogP contribution in [0.4, 0.5) is 0 Å². The molecule has 36 heavy (non-hydrogen) atoms. The van der Waals surface area contributed by atoms with Gasteiger partial charge in [-0.15, -0.1) is 0 Å². The Kier molecular flexibility index (Phi) is 9.21. The summed E-state index contributed by atoms with van der Waals surface area (Å²) < 4.78 is 10.6. The van der Waals surface area contributed by atoms with E-state index < -0.39 is 8.60 Å². The van der Waals surface area contributed by atoms with Crippen LogP contribution in [0.25, 0.3) is 0 Å². The Morgan fingerprint density at radius 3 is 1.81 bits per heavy atom. The summed E-state index contributed by atoms with van der Waals surface area (Å²) in [4.78, 5) is 9.77. The van der Waals surface area contributed by atoms with Crippen molar-refractivity contribution < 1.29 is 13.9 Å². The maximum Gasteiger partial charge on any atom is 0.394 e. The Labute approximate surface area is 223 Å². The third-order valence-corrected chi connectivity index (χ3v) is 7.88. The first-order valence-corrected chi connectivity index (χ1v) is 14.4. The Hall–Kier alpha value is -1.41. The molecule has 2 aromatic carbocycles. The van der Waals surface area contributed by atoms with Gasteiger partial charge in [-0.1, -0.05) is 107 Å². The molecule has 2 aromatic rings. The van der Waals surface area contributed by atoms with Crippen LogP contribution in [-0.4, -0.2) is 12.0 Å². The zero-order valence-electron chi connectivity index (χ0n) is 25.4. The van der Waals surface area contributed by atoms with Gasteiger partial charge < -0.3 is 13.9 Å². The summed E-state index contributed by atoms with van der Waals surface area (Å²) in [6.07, 6.45) is 2.10. The van der Waals surface area contributed by atoms with Gasteiger partial charge in [0.25, 0.3) is 0 Å². The highest BCUT2D eigenvalue weighted by atomic mass is 31.2. The van der Waals surface area contributed by atoms with Crippen molar-refractivity contribution in [1.82, 2.24) is 0 Å². The van der Waals surface area contributed by atoms with Gasteiger partial charge in [0, 0.05) is 12.7 Å². The lowest BCUT2D eigenvalue weighted by molar-refractivity contribution is 0.313. The molecule has 0 amide bonds. The van der Waals surface area contributed by atoms with Gasteiger partial charge in [0.05, 0.1) is 0 Å². The second-order valence-corrected chi connectivity index (χ2v) is 15.0. The van der Waals surface area contributed by atoms with E-state index in [4.69, 9.17) is 9.05 Å². The predicted molar refractivity (Wildman–Crippen MR) is 157 cm³/mol. The molecule has 3 nitrogen and oxygen atoms in total. The highest BCUT2D eigenvalue weighted by Crippen LogP contribution is 2.45. The molecular weight excluding hydrogens is 463 g/mol. The van der Waals surface area contributed by atoms with Crippen molar-refractivity contribution in [3.8, 4) is 5.75 Å². The lowest BCUT2D eigenvalue weighted by atomic mass is 9.64. The molecule has 1 N–H and O–H groups in total. The molecule has 0 aliphatic heterocycles. The third kappa shape index (κ3) is 7.12. The molecule has 0 radical (unpaired) electrons. The van der Waals surface area contributed by atoms with Crippen molar-refractivity contribution in [3.05, 3.63) is 63.2 Å². The summed E-state index contributed by atoms with van der Waals surface area (Å²) in [7, 11) is -0.422. The van der Waals surface area contributed by atoms with Gasteiger partial charge in [0.15, 0.2) is 0 Å². The van der Waals surface area contributed by atoms with Crippen molar-refractivity contribution in [2.75, 3.05) is 7.11 Å². The average molecular weight is 515 g/mol. The van der Waals surface area contributed by atoms with Crippen LogP contribution in [0.3, 0.4) is 0 Å². The molecule has 0 bridgehead atoms. The van der Waals surface area contributed by atoms with Crippen molar-refractivity contribution in [2.24, 2.45) is 0 Å². The second-order valence-electron chi connectivity index (χ2n) is 14.0. The molecule has 0 aromatic heterocycles. The van der Waals surface area contributed by atoms with Gasteiger partial charge in [0.1, 0.15) is 5.75 Å². The van der Waals surface area contributed by atoms with Crippen molar-refractivity contribution >= 4 is 8.60 Å². The summed E-state index contributed by atoms with van der Waals surface area (Å²) in [6.45, 7) is 29.0. The van der Waals surface area contributed by atoms with E-state index in [1.54, 1.807) is 11.1 Å². The fraction of sp³-hybridized carbons (Fsp3) is 0.625. The van der Waals surface area contributed by atoms with Crippen LogP contribution < -0.4 is 4.52 Å². The lowest BCUT2D eigenvalue weighted by Gasteiger charge is -2.41. The van der Waals surface area contributed by atoms with Crippen LogP contribution in [0.2, 0.25) is 0 Å². The molecule has 3 rings (SSSR count). The highest BCUT2D eigenvalue weighted by molar-refractivity contribution is 7.41. The Morgan fingerprint density at radius 2 is 1.39 bits per heavy atom. The smallest absolute Gasteiger partial charge is 0.394 e. The first-order chi connectivity index (χ1) is 16.2. The minimum atomic E-state index is -1.88. The molecule has 202 valence electrons. The van der Waals surface area contributed by atoms with Gasteiger partial charge in [-0.2, -0.15) is 0 Å². The van der Waals surface area contributed by atoms with Crippen molar-refractivity contribution in [1.29, 1.82) is 0 Å². The quantitative estimate of drug-likeness (QED) is 0.413. The number of rotatable bonds is 4.